The molecule has 68 heavy (non-hydrogen) atoms. The van der Waals surface area contributed by atoms with Crippen molar-refractivity contribution in [2.75, 3.05) is 47.5 Å². The van der Waals surface area contributed by atoms with Crippen molar-refractivity contribution in [3.8, 4) is 0 Å². The van der Waals surface area contributed by atoms with Crippen LogP contribution in [0, 0.1) is 0 Å². The van der Waals surface area contributed by atoms with E-state index in [0.29, 0.717) is 17.4 Å². The number of rotatable bonds is 52. The average molecular weight is 959 g/mol. The van der Waals surface area contributed by atoms with Crippen molar-refractivity contribution in [1.82, 2.24) is 0 Å². The molecule has 0 fully saturated rings. The Morgan fingerprint density at radius 1 is 0.441 bits per heavy atom. The number of hydrogen-bond donors (Lipinski definition) is 0. The van der Waals surface area contributed by atoms with Gasteiger partial charge in [-0.15, -0.1) is 0 Å². The van der Waals surface area contributed by atoms with Crippen LogP contribution in [0.15, 0.2) is 48.6 Å². The maximum Gasteiger partial charge on any atom is 0.306 e. The van der Waals surface area contributed by atoms with Crippen LogP contribution in [0.1, 0.15) is 251 Å². The Morgan fingerprint density at radius 3 is 1.22 bits per heavy atom. The van der Waals surface area contributed by atoms with E-state index in [1.165, 1.54) is 154 Å². The molecule has 0 N–H and O–H groups in total. The number of unbranched alkanes of at least 4 members (excludes halogenated alkanes) is 29. The third kappa shape index (κ3) is 51.1. The number of esters is 2. The summed E-state index contributed by atoms with van der Waals surface area (Å²) in [6, 6.07) is 0. The molecule has 0 amide bonds. The lowest BCUT2D eigenvalue weighted by atomic mass is 10.0. The summed E-state index contributed by atoms with van der Waals surface area (Å²) in [5.41, 5.74) is 0. The zero-order valence-electron chi connectivity index (χ0n) is 45.0. The van der Waals surface area contributed by atoms with Crippen molar-refractivity contribution < 1.29 is 42.9 Å². The topological polar surface area (TPSA) is 111 Å². The SMILES string of the molecule is CCCCC/C=C\CCCCCCCC(=O)OCC(COC(OCC[N+](C)(C)C)C(=O)[O-])OC(=O)CCCCCCCCCCCCCCCCCC/C=C\C/C=C\C/C=C\CCCCCCC. The predicted octanol–water partition coefficient (Wildman–Crippen LogP) is 15.0. The molecule has 0 saturated carbocycles. The first kappa shape index (κ1) is 65.2. The molecule has 9 nitrogen and oxygen atoms in total. The fraction of sp³-hybridized carbons (Fsp3) is 0.814. The van der Waals surface area contributed by atoms with Gasteiger partial charge in [0.05, 0.1) is 40.3 Å². The van der Waals surface area contributed by atoms with Gasteiger partial charge in [0, 0.05) is 12.8 Å². The molecule has 2 atom stereocenters. The Kier molecular flexibility index (Phi) is 48.6. The average Bonchev–Trinajstić information content (AvgIpc) is 3.30. The Bertz CT molecular complexity index is 1250. The summed E-state index contributed by atoms with van der Waals surface area (Å²) < 4.78 is 22.6. The minimum absolute atomic E-state index is 0.147. The molecule has 0 spiro atoms. The summed E-state index contributed by atoms with van der Waals surface area (Å²) >= 11 is 0. The molecule has 0 heterocycles. The monoisotopic (exact) mass is 958 g/mol. The van der Waals surface area contributed by atoms with Crippen LogP contribution >= 0.6 is 0 Å². The summed E-state index contributed by atoms with van der Waals surface area (Å²) in [5.74, 6) is -2.29. The van der Waals surface area contributed by atoms with Crippen molar-refractivity contribution >= 4 is 17.9 Å². The molecule has 0 saturated heterocycles. The Hall–Kier alpha value is -2.75. The van der Waals surface area contributed by atoms with E-state index in [1.54, 1.807) is 0 Å². The van der Waals surface area contributed by atoms with Gasteiger partial charge in [-0.25, -0.2) is 0 Å². The van der Waals surface area contributed by atoms with Gasteiger partial charge in [0.2, 0.25) is 0 Å². The van der Waals surface area contributed by atoms with Gasteiger partial charge >= 0.3 is 11.9 Å². The van der Waals surface area contributed by atoms with Crippen molar-refractivity contribution in [2.45, 2.75) is 264 Å². The maximum absolute atomic E-state index is 12.8. The van der Waals surface area contributed by atoms with Crippen molar-refractivity contribution in [3.05, 3.63) is 48.6 Å². The second kappa shape index (κ2) is 50.6. The van der Waals surface area contributed by atoms with E-state index < -0.39 is 24.3 Å². The van der Waals surface area contributed by atoms with Gasteiger partial charge < -0.3 is 33.3 Å². The van der Waals surface area contributed by atoms with Crippen molar-refractivity contribution in [2.24, 2.45) is 0 Å². The number of likely N-dealkylation sites (N-methyl/N-ethyl adjacent to an activating group) is 1. The molecule has 0 aliphatic carbocycles. The standard InChI is InChI=1S/C59H107NO8/c1-6-8-10-12-14-16-18-20-21-22-23-24-25-26-27-28-29-30-31-32-33-34-35-36-37-38-40-42-44-46-48-50-57(62)68-55(54-67-59(58(63)64)65-52-51-60(3,4)5)53-66-56(61)49-47-45-43-41-39-19-17-15-13-11-9-7-2/h15,17-18,20,22-23,25-26,55,59H,6-14,16,19,21,24,27-54H2,1-5H3/b17-15-,20-18-,23-22-,26-25-. The molecule has 9 heteroatoms. The first-order valence-corrected chi connectivity index (χ1v) is 28.3. The number of carboxylic acids is 1. The number of allylic oxidation sites excluding steroid dienone is 8. The summed E-state index contributed by atoms with van der Waals surface area (Å²) in [5, 5.41) is 11.7. The van der Waals surface area contributed by atoms with Gasteiger partial charge in [0.15, 0.2) is 12.4 Å². The predicted molar refractivity (Wildman–Crippen MR) is 283 cm³/mol. The van der Waals surface area contributed by atoms with E-state index in [2.05, 4.69) is 62.5 Å². The Balaban J connectivity index is 4.11. The maximum atomic E-state index is 12.8. The molecular weight excluding hydrogens is 851 g/mol. The summed E-state index contributed by atoms with van der Waals surface area (Å²) in [6.07, 6.45) is 58.8. The second-order valence-corrected chi connectivity index (χ2v) is 20.2. The Labute approximate surface area is 419 Å². The lowest BCUT2D eigenvalue weighted by Crippen LogP contribution is -2.44. The number of hydrogen-bond acceptors (Lipinski definition) is 8. The van der Waals surface area contributed by atoms with Crippen LogP contribution in [0.2, 0.25) is 0 Å². The minimum Gasteiger partial charge on any atom is -0.545 e. The summed E-state index contributed by atoms with van der Waals surface area (Å²) in [4.78, 5) is 37.1. The van der Waals surface area contributed by atoms with Gasteiger partial charge in [-0.3, -0.25) is 9.59 Å². The largest absolute Gasteiger partial charge is 0.545 e. The highest BCUT2D eigenvalue weighted by atomic mass is 16.7. The molecule has 0 aliphatic heterocycles. The number of ether oxygens (including phenoxy) is 4. The number of carbonyl (C=O) groups excluding carboxylic acids is 3. The molecule has 0 aromatic rings. The van der Waals surface area contributed by atoms with E-state index in [1.807, 2.05) is 21.1 Å². The van der Waals surface area contributed by atoms with Crippen LogP contribution in [0.25, 0.3) is 0 Å². The summed E-state index contributed by atoms with van der Waals surface area (Å²) in [6.45, 7) is 4.71. The van der Waals surface area contributed by atoms with Crippen LogP contribution in [0.3, 0.4) is 0 Å². The highest BCUT2D eigenvalue weighted by Crippen LogP contribution is 2.16. The van der Waals surface area contributed by atoms with Crippen molar-refractivity contribution in [1.29, 1.82) is 0 Å². The Morgan fingerprint density at radius 2 is 0.794 bits per heavy atom. The lowest BCUT2D eigenvalue weighted by Gasteiger charge is -2.26. The van der Waals surface area contributed by atoms with Crippen molar-refractivity contribution in [3.63, 3.8) is 0 Å². The molecule has 0 aliphatic rings. The molecule has 0 rings (SSSR count). The van der Waals surface area contributed by atoms with E-state index in [4.69, 9.17) is 18.9 Å². The summed E-state index contributed by atoms with van der Waals surface area (Å²) in [7, 11) is 5.92. The quantitative estimate of drug-likeness (QED) is 0.0195. The van der Waals surface area contributed by atoms with Crippen LogP contribution in [0.4, 0.5) is 0 Å². The van der Waals surface area contributed by atoms with Gasteiger partial charge in [0.1, 0.15) is 13.2 Å². The minimum atomic E-state index is -1.62. The molecule has 0 aromatic heterocycles. The zero-order chi connectivity index (χ0) is 49.9. The van der Waals surface area contributed by atoms with Crippen LogP contribution < -0.4 is 5.11 Å². The van der Waals surface area contributed by atoms with E-state index in [9.17, 15) is 19.5 Å². The van der Waals surface area contributed by atoms with Crippen LogP contribution in [-0.2, 0) is 33.3 Å². The molecular formula is C59H107NO8. The third-order valence-corrected chi connectivity index (χ3v) is 12.3. The van der Waals surface area contributed by atoms with E-state index >= 15 is 0 Å². The molecule has 0 bridgehead atoms. The number of carboxylic acid groups (broad SMARTS) is 1. The number of carbonyl (C=O) groups is 3. The number of aliphatic carboxylic acids is 1. The molecule has 0 aromatic carbocycles. The second-order valence-electron chi connectivity index (χ2n) is 20.2. The number of quaternary nitrogens is 1. The van der Waals surface area contributed by atoms with Gasteiger partial charge in [-0.05, 0) is 77.0 Å². The van der Waals surface area contributed by atoms with Gasteiger partial charge in [-0.1, -0.05) is 210 Å². The zero-order valence-corrected chi connectivity index (χ0v) is 45.0. The lowest BCUT2D eigenvalue weighted by molar-refractivity contribution is -0.870. The number of nitrogens with zero attached hydrogens (tertiary/aromatic N) is 1. The third-order valence-electron chi connectivity index (χ3n) is 12.3. The fourth-order valence-electron chi connectivity index (χ4n) is 7.89. The first-order chi connectivity index (χ1) is 33.1. The first-order valence-electron chi connectivity index (χ1n) is 28.3. The van der Waals surface area contributed by atoms with Crippen LogP contribution in [-0.4, -0.2) is 82.3 Å². The highest BCUT2D eigenvalue weighted by Gasteiger charge is 2.22. The molecule has 396 valence electrons. The smallest absolute Gasteiger partial charge is 0.306 e. The molecule has 0 radical (unpaired) electrons. The van der Waals surface area contributed by atoms with E-state index in [-0.39, 0.29) is 38.6 Å². The van der Waals surface area contributed by atoms with Gasteiger partial charge in [-0.2, -0.15) is 0 Å². The highest BCUT2D eigenvalue weighted by molar-refractivity contribution is 5.70. The normalized spacial score (nSPS) is 13.1. The van der Waals surface area contributed by atoms with Crippen LogP contribution in [0.5, 0.6) is 0 Å². The van der Waals surface area contributed by atoms with E-state index in [0.717, 1.165) is 64.2 Å². The van der Waals surface area contributed by atoms with Gasteiger partial charge in [0.25, 0.3) is 0 Å². The fourth-order valence-corrected chi connectivity index (χ4v) is 7.89. The molecule has 2 unspecified atom stereocenters.